The number of benzene rings is 1. The van der Waals surface area contributed by atoms with Crippen LogP contribution in [-0.2, 0) is 0 Å². The number of para-hydroxylation sites is 1. The summed E-state index contributed by atoms with van der Waals surface area (Å²) >= 11 is 0. The van der Waals surface area contributed by atoms with Crippen molar-refractivity contribution in [2.45, 2.75) is 31.7 Å². The first kappa shape index (κ1) is 15.0. The van der Waals surface area contributed by atoms with Crippen molar-refractivity contribution in [1.29, 1.82) is 0 Å². The molecule has 0 radical (unpaired) electrons. The monoisotopic (exact) mass is 315 g/mol. The van der Waals surface area contributed by atoms with E-state index in [4.69, 9.17) is 9.63 Å². The molecule has 1 aromatic heterocycles. The lowest BCUT2D eigenvalue weighted by Gasteiger charge is -2.46. The molecule has 3 heterocycles. The van der Waals surface area contributed by atoms with Crippen LogP contribution in [0, 0.1) is 5.92 Å². The van der Waals surface area contributed by atoms with Crippen molar-refractivity contribution >= 4 is 16.8 Å². The van der Waals surface area contributed by atoms with Crippen molar-refractivity contribution in [3.05, 3.63) is 24.3 Å². The van der Waals surface area contributed by atoms with E-state index in [-0.39, 0.29) is 0 Å². The van der Waals surface area contributed by atoms with E-state index < -0.39 is 0 Å². The molecule has 5 nitrogen and oxygen atoms in total. The van der Waals surface area contributed by atoms with Gasteiger partial charge in [-0.3, -0.25) is 4.90 Å². The van der Waals surface area contributed by atoms with Crippen molar-refractivity contribution in [2.75, 3.05) is 37.7 Å². The van der Waals surface area contributed by atoms with Gasteiger partial charge < -0.3 is 14.5 Å². The van der Waals surface area contributed by atoms with Crippen LogP contribution < -0.4 is 4.90 Å². The molecule has 2 atom stereocenters. The molecule has 0 amide bonds. The molecule has 23 heavy (non-hydrogen) atoms. The molecule has 0 bridgehead atoms. The highest BCUT2D eigenvalue weighted by molar-refractivity contribution is 5.88. The summed E-state index contributed by atoms with van der Waals surface area (Å²) in [6.07, 6.45) is 4.62. The number of anilines is 1. The maximum absolute atomic E-state index is 9.06. The van der Waals surface area contributed by atoms with Gasteiger partial charge in [0.15, 0.2) is 11.4 Å². The van der Waals surface area contributed by atoms with Crippen molar-refractivity contribution in [3.8, 4) is 0 Å². The van der Waals surface area contributed by atoms with Crippen LogP contribution in [0.5, 0.6) is 0 Å². The maximum atomic E-state index is 9.06. The molecule has 124 valence electrons. The zero-order valence-corrected chi connectivity index (χ0v) is 13.5. The van der Waals surface area contributed by atoms with Gasteiger partial charge in [-0.25, -0.2) is 0 Å². The Morgan fingerprint density at radius 2 is 2.13 bits per heavy atom. The Balaban J connectivity index is 1.48. The van der Waals surface area contributed by atoms with E-state index in [0.717, 1.165) is 55.2 Å². The molecular weight excluding hydrogens is 290 g/mol. The molecule has 0 saturated carbocycles. The number of nitrogens with zero attached hydrogens (tertiary/aromatic N) is 3. The fraction of sp³-hybridized carbons (Fsp3) is 0.611. The molecule has 4 rings (SSSR count). The summed E-state index contributed by atoms with van der Waals surface area (Å²) in [5.41, 5.74) is 0.870. The van der Waals surface area contributed by atoms with Gasteiger partial charge in [-0.2, -0.15) is 0 Å². The summed E-state index contributed by atoms with van der Waals surface area (Å²) in [6.45, 7) is 4.69. The molecule has 5 heteroatoms. The third kappa shape index (κ3) is 2.95. The zero-order valence-electron chi connectivity index (χ0n) is 13.5. The van der Waals surface area contributed by atoms with Gasteiger partial charge in [-0.05, 0) is 50.3 Å². The summed E-state index contributed by atoms with van der Waals surface area (Å²) in [7, 11) is 0. The minimum absolute atomic E-state index is 0.321. The van der Waals surface area contributed by atoms with Gasteiger partial charge in [-0.1, -0.05) is 17.3 Å². The molecule has 0 aliphatic carbocycles. The first-order chi connectivity index (χ1) is 11.3. The van der Waals surface area contributed by atoms with Crippen molar-refractivity contribution in [3.63, 3.8) is 0 Å². The summed E-state index contributed by atoms with van der Waals surface area (Å²) in [6, 6.07) is 8.72. The molecule has 0 spiro atoms. The minimum Gasteiger partial charge on any atom is -0.396 e. The summed E-state index contributed by atoms with van der Waals surface area (Å²) in [5, 5.41) is 14.5. The van der Waals surface area contributed by atoms with Crippen LogP contribution in [0.2, 0.25) is 0 Å². The molecule has 2 aromatic rings. The Kier molecular flexibility index (Phi) is 4.23. The van der Waals surface area contributed by atoms with E-state index in [1.54, 1.807) is 0 Å². The van der Waals surface area contributed by atoms with Crippen molar-refractivity contribution in [1.82, 2.24) is 10.1 Å². The molecule has 2 fully saturated rings. The standard InChI is InChI=1S/C18H25N3O2/c22-11-3-4-14-7-8-20-9-10-21(13-15(20)12-14)18-16-5-1-2-6-17(16)23-19-18/h1-2,5-6,14-15,22H,3-4,7-13H2/t14-,15+/m1/s1. The molecule has 0 unspecified atom stereocenters. The lowest BCUT2D eigenvalue weighted by atomic mass is 9.86. The normalized spacial score (nSPS) is 25.7. The van der Waals surface area contributed by atoms with Crippen molar-refractivity contribution in [2.24, 2.45) is 5.92 Å². The number of rotatable bonds is 4. The second kappa shape index (κ2) is 6.49. The third-order valence-electron chi connectivity index (χ3n) is 5.46. The number of hydrogen-bond acceptors (Lipinski definition) is 5. The Morgan fingerprint density at radius 1 is 1.22 bits per heavy atom. The van der Waals surface area contributed by atoms with Gasteiger partial charge in [0.05, 0.1) is 5.39 Å². The fourth-order valence-corrected chi connectivity index (χ4v) is 4.20. The molecule has 2 saturated heterocycles. The topological polar surface area (TPSA) is 52.7 Å². The summed E-state index contributed by atoms with van der Waals surface area (Å²) in [4.78, 5) is 5.02. The first-order valence-corrected chi connectivity index (χ1v) is 8.79. The number of piperazine rings is 1. The van der Waals surface area contributed by atoms with Crippen LogP contribution in [0.4, 0.5) is 5.82 Å². The quantitative estimate of drug-likeness (QED) is 0.939. The van der Waals surface area contributed by atoms with E-state index in [2.05, 4.69) is 21.0 Å². The SMILES string of the molecule is OCCC[C@@H]1CCN2CCN(c3noc4ccccc34)C[C@@H]2C1. The van der Waals surface area contributed by atoms with E-state index >= 15 is 0 Å². The van der Waals surface area contributed by atoms with E-state index in [0.29, 0.717) is 12.6 Å². The number of fused-ring (bicyclic) bond motifs is 2. The fourth-order valence-electron chi connectivity index (χ4n) is 4.20. The maximum Gasteiger partial charge on any atom is 0.180 e. The Hall–Kier alpha value is -1.59. The predicted octanol–water partition coefficient (Wildman–Crippen LogP) is 2.50. The average molecular weight is 315 g/mol. The van der Waals surface area contributed by atoms with Crippen LogP contribution in [0.25, 0.3) is 11.0 Å². The molecular formula is C18H25N3O2. The van der Waals surface area contributed by atoms with Gasteiger partial charge in [-0.15, -0.1) is 0 Å². The Bertz CT molecular complexity index is 657. The van der Waals surface area contributed by atoms with Crippen LogP contribution in [0.1, 0.15) is 25.7 Å². The summed E-state index contributed by atoms with van der Waals surface area (Å²) < 4.78 is 5.48. The average Bonchev–Trinajstić information content (AvgIpc) is 3.03. The van der Waals surface area contributed by atoms with Crippen molar-refractivity contribution < 1.29 is 9.63 Å². The van der Waals surface area contributed by atoms with Gasteiger partial charge in [0.1, 0.15) is 0 Å². The highest BCUT2D eigenvalue weighted by atomic mass is 16.5. The van der Waals surface area contributed by atoms with E-state index in [1.807, 2.05) is 18.2 Å². The number of aromatic nitrogens is 1. The second-order valence-corrected chi connectivity index (χ2v) is 6.89. The number of aliphatic hydroxyl groups excluding tert-OH is 1. The Labute approximate surface area is 136 Å². The predicted molar refractivity (Wildman–Crippen MR) is 90.6 cm³/mol. The number of piperidine rings is 1. The van der Waals surface area contributed by atoms with Crippen LogP contribution in [0.3, 0.4) is 0 Å². The smallest absolute Gasteiger partial charge is 0.180 e. The van der Waals surface area contributed by atoms with Gasteiger partial charge >= 0.3 is 0 Å². The minimum atomic E-state index is 0.321. The third-order valence-corrected chi connectivity index (χ3v) is 5.46. The molecule has 2 aliphatic heterocycles. The van der Waals surface area contributed by atoms with Gasteiger partial charge in [0.25, 0.3) is 0 Å². The number of hydrogen-bond donors (Lipinski definition) is 1. The zero-order chi connectivity index (χ0) is 15.6. The lowest BCUT2D eigenvalue weighted by Crippen LogP contribution is -2.56. The first-order valence-electron chi connectivity index (χ1n) is 8.79. The molecule has 2 aliphatic rings. The second-order valence-electron chi connectivity index (χ2n) is 6.89. The van der Waals surface area contributed by atoms with Gasteiger partial charge in [0.2, 0.25) is 0 Å². The van der Waals surface area contributed by atoms with Gasteiger partial charge in [0, 0.05) is 32.3 Å². The lowest BCUT2D eigenvalue weighted by molar-refractivity contribution is 0.0932. The van der Waals surface area contributed by atoms with Crippen LogP contribution in [-0.4, -0.2) is 54.0 Å². The summed E-state index contributed by atoms with van der Waals surface area (Å²) in [5.74, 6) is 1.76. The highest BCUT2D eigenvalue weighted by Gasteiger charge is 2.34. The van der Waals surface area contributed by atoms with E-state index in [1.165, 1.54) is 19.4 Å². The molecule has 1 aromatic carbocycles. The number of aliphatic hydroxyl groups is 1. The molecule has 1 N–H and O–H groups in total. The van der Waals surface area contributed by atoms with Crippen LogP contribution in [0.15, 0.2) is 28.8 Å². The highest BCUT2D eigenvalue weighted by Crippen LogP contribution is 2.32. The largest absolute Gasteiger partial charge is 0.396 e. The van der Waals surface area contributed by atoms with E-state index in [9.17, 15) is 0 Å². The van der Waals surface area contributed by atoms with Crippen LogP contribution >= 0.6 is 0 Å². The Morgan fingerprint density at radius 3 is 3.04 bits per heavy atom.